The SMILES string of the molecule is COC(=O)C1=C(C(=O)OC)C(O)(c2cc(C)cc(C)c2)c2ccccc2C1. The van der Waals surface area contributed by atoms with Crippen LogP contribution in [-0.4, -0.2) is 31.3 Å². The van der Waals surface area contributed by atoms with Gasteiger partial charge in [-0.2, -0.15) is 0 Å². The van der Waals surface area contributed by atoms with Crippen molar-refractivity contribution in [3.05, 3.63) is 81.4 Å². The van der Waals surface area contributed by atoms with Crippen LogP contribution in [0.2, 0.25) is 0 Å². The molecule has 1 aliphatic carbocycles. The van der Waals surface area contributed by atoms with Crippen LogP contribution in [0.4, 0.5) is 0 Å². The van der Waals surface area contributed by atoms with Crippen molar-refractivity contribution >= 4 is 11.9 Å². The summed E-state index contributed by atoms with van der Waals surface area (Å²) < 4.78 is 9.83. The van der Waals surface area contributed by atoms with E-state index in [4.69, 9.17) is 9.47 Å². The third-order valence-electron chi connectivity index (χ3n) is 4.90. The van der Waals surface area contributed by atoms with Crippen molar-refractivity contribution in [1.29, 1.82) is 0 Å². The molecule has 1 N–H and O–H groups in total. The van der Waals surface area contributed by atoms with Gasteiger partial charge in [0.15, 0.2) is 0 Å². The highest BCUT2D eigenvalue weighted by Gasteiger charge is 2.48. The Bertz CT molecular complexity index is 937. The first-order valence-corrected chi connectivity index (χ1v) is 8.62. The third-order valence-corrected chi connectivity index (χ3v) is 4.90. The average molecular weight is 366 g/mol. The summed E-state index contributed by atoms with van der Waals surface area (Å²) in [5.41, 5.74) is 1.88. The quantitative estimate of drug-likeness (QED) is 0.846. The Labute approximate surface area is 158 Å². The van der Waals surface area contributed by atoms with Crippen LogP contribution < -0.4 is 0 Å². The summed E-state index contributed by atoms with van der Waals surface area (Å²) in [7, 11) is 2.48. The van der Waals surface area contributed by atoms with E-state index in [0.717, 1.165) is 16.7 Å². The molecule has 0 spiro atoms. The largest absolute Gasteiger partial charge is 0.466 e. The predicted molar refractivity (Wildman–Crippen MR) is 100 cm³/mol. The lowest BCUT2D eigenvalue weighted by atomic mass is 9.70. The maximum Gasteiger partial charge on any atom is 0.337 e. The lowest BCUT2D eigenvalue weighted by molar-refractivity contribution is -0.141. The molecule has 0 saturated carbocycles. The molecule has 2 aromatic rings. The molecule has 0 heterocycles. The maximum atomic E-state index is 12.7. The minimum absolute atomic E-state index is 0.0967. The molecule has 0 radical (unpaired) electrons. The lowest BCUT2D eigenvalue weighted by Gasteiger charge is -2.37. The Balaban J connectivity index is 2.42. The Morgan fingerprint density at radius 3 is 2.15 bits per heavy atom. The van der Waals surface area contributed by atoms with E-state index in [1.165, 1.54) is 14.2 Å². The van der Waals surface area contributed by atoms with Gasteiger partial charge in [-0.3, -0.25) is 0 Å². The molecule has 5 nitrogen and oxygen atoms in total. The van der Waals surface area contributed by atoms with Crippen LogP contribution >= 0.6 is 0 Å². The number of esters is 2. The normalized spacial score (nSPS) is 18.7. The van der Waals surface area contributed by atoms with E-state index in [2.05, 4.69) is 0 Å². The fourth-order valence-corrected chi connectivity index (χ4v) is 3.81. The minimum atomic E-state index is -1.82. The van der Waals surface area contributed by atoms with Crippen molar-refractivity contribution in [1.82, 2.24) is 0 Å². The minimum Gasteiger partial charge on any atom is -0.466 e. The summed E-state index contributed by atoms with van der Waals surface area (Å²) in [4.78, 5) is 25.2. The molecular formula is C22H22O5. The number of carbonyl (C=O) groups excluding carboxylic acids is 2. The smallest absolute Gasteiger partial charge is 0.337 e. The molecule has 1 aliphatic rings. The van der Waals surface area contributed by atoms with Crippen molar-refractivity contribution in [2.45, 2.75) is 25.9 Å². The molecule has 0 aliphatic heterocycles. The van der Waals surface area contributed by atoms with E-state index in [1.807, 2.05) is 44.2 Å². The second-order valence-electron chi connectivity index (χ2n) is 6.76. The monoisotopic (exact) mass is 366 g/mol. The Morgan fingerprint density at radius 2 is 1.56 bits per heavy atom. The van der Waals surface area contributed by atoms with Gasteiger partial charge in [0, 0.05) is 6.42 Å². The molecule has 140 valence electrons. The third kappa shape index (κ3) is 3.04. The zero-order valence-electron chi connectivity index (χ0n) is 15.8. The van der Waals surface area contributed by atoms with Crippen LogP contribution in [-0.2, 0) is 31.1 Å². The topological polar surface area (TPSA) is 72.8 Å². The molecule has 27 heavy (non-hydrogen) atoms. The van der Waals surface area contributed by atoms with Crippen molar-refractivity contribution in [2.24, 2.45) is 0 Å². The van der Waals surface area contributed by atoms with Gasteiger partial charge < -0.3 is 14.6 Å². The van der Waals surface area contributed by atoms with Gasteiger partial charge in [0.25, 0.3) is 0 Å². The van der Waals surface area contributed by atoms with Crippen LogP contribution in [0, 0.1) is 13.8 Å². The van der Waals surface area contributed by atoms with E-state index < -0.39 is 17.5 Å². The summed E-state index contributed by atoms with van der Waals surface area (Å²) in [5, 5.41) is 12.0. The predicted octanol–water partition coefficient (Wildman–Crippen LogP) is 2.74. The van der Waals surface area contributed by atoms with Gasteiger partial charge in [-0.15, -0.1) is 0 Å². The van der Waals surface area contributed by atoms with Gasteiger partial charge in [-0.1, -0.05) is 53.6 Å². The molecule has 2 aromatic carbocycles. The number of fused-ring (bicyclic) bond motifs is 1. The molecular weight excluding hydrogens is 344 g/mol. The summed E-state index contributed by atoms with van der Waals surface area (Å²) in [6, 6.07) is 12.8. The summed E-state index contributed by atoms with van der Waals surface area (Å²) in [6.07, 6.45) is 0.181. The van der Waals surface area contributed by atoms with Gasteiger partial charge >= 0.3 is 11.9 Å². The Hall–Kier alpha value is -2.92. The zero-order chi connectivity index (χ0) is 19.8. The van der Waals surface area contributed by atoms with Gasteiger partial charge in [-0.25, -0.2) is 9.59 Å². The highest BCUT2D eigenvalue weighted by molar-refractivity contribution is 6.04. The average Bonchev–Trinajstić information content (AvgIpc) is 2.65. The fourth-order valence-electron chi connectivity index (χ4n) is 3.81. The van der Waals surface area contributed by atoms with Gasteiger partial charge in [0.05, 0.1) is 25.4 Å². The number of benzene rings is 2. The summed E-state index contributed by atoms with van der Waals surface area (Å²) in [5.74, 6) is -1.42. The first-order chi connectivity index (χ1) is 12.8. The van der Waals surface area contributed by atoms with Crippen LogP contribution in [0.5, 0.6) is 0 Å². The molecule has 3 rings (SSSR count). The number of hydrogen-bond donors (Lipinski definition) is 1. The molecule has 0 amide bonds. The van der Waals surface area contributed by atoms with E-state index in [9.17, 15) is 14.7 Å². The fraction of sp³-hybridized carbons (Fsp3) is 0.273. The van der Waals surface area contributed by atoms with Crippen LogP contribution in [0.25, 0.3) is 0 Å². The molecule has 0 saturated heterocycles. The number of ether oxygens (including phenoxy) is 2. The standard InChI is InChI=1S/C22H22O5/c1-13-9-14(2)11-16(10-13)22(25)18-8-6-5-7-15(18)12-17(20(23)26-3)19(22)21(24)27-4/h5-11,25H,12H2,1-4H3. The van der Waals surface area contributed by atoms with Crippen LogP contribution in [0.3, 0.4) is 0 Å². The lowest BCUT2D eigenvalue weighted by Crippen LogP contribution is -2.40. The highest BCUT2D eigenvalue weighted by Crippen LogP contribution is 2.45. The highest BCUT2D eigenvalue weighted by atomic mass is 16.5. The first kappa shape index (κ1) is 18.9. The van der Waals surface area contributed by atoms with Gasteiger partial charge in [0.2, 0.25) is 0 Å². The number of aliphatic hydroxyl groups is 1. The Morgan fingerprint density at radius 1 is 0.963 bits per heavy atom. The second-order valence-corrected chi connectivity index (χ2v) is 6.76. The first-order valence-electron chi connectivity index (χ1n) is 8.62. The van der Waals surface area contributed by atoms with Gasteiger partial charge in [-0.05, 0) is 30.5 Å². The van der Waals surface area contributed by atoms with E-state index in [0.29, 0.717) is 11.1 Å². The van der Waals surface area contributed by atoms with Crippen LogP contribution in [0.15, 0.2) is 53.6 Å². The van der Waals surface area contributed by atoms with Crippen LogP contribution in [0.1, 0.15) is 27.8 Å². The maximum absolute atomic E-state index is 12.7. The van der Waals surface area contributed by atoms with Crippen molar-refractivity contribution in [3.63, 3.8) is 0 Å². The van der Waals surface area contributed by atoms with Crippen molar-refractivity contribution in [2.75, 3.05) is 14.2 Å². The number of methoxy groups -OCH3 is 2. The van der Waals surface area contributed by atoms with E-state index in [-0.39, 0.29) is 17.6 Å². The molecule has 0 bridgehead atoms. The molecule has 0 fully saturated rings. The summed E-state index contributed by atoms with van der Waals surface area (Å²) >= 11 is 0. The number of rotatable bonds is 3. The second kappa shape index (κ2) is 7.00. The van der Waals surface area contributed by atoms with E-state index in [1.54, 1.807) is 12.1 Å². The van der Waals surface area contributed by atoms with Crippen molar-refractivity contribution in [3.8, 4) is 0 Å². The number of carbonyl (C=O) groups is 2. The molecule has 0 aromatic heterocycles. The zero-order valence-corrected chi connectivity index (χ0v) is 15.8. The van der Waals surface area contributed by atoms with Crippen molar-refractivity contribution < 1.29 is 24.2 Å². The van der Waals surface area contributed by atoms with E-state index >= 15 is 0 Å². The number of aryl methyl sites for hydroxylation is 2. The molecule has 1 unspecified atom stereocenters. The molecule has 5 heteroatoms. The van der Waals surface area contributed by atoms with Gasteiger partial charge in [0.1, 0.15) is 5.60 Å². The number of hydrogen-bond acceptors (Lipinski definition) is 5. The Kier molecular flexibility index (Phi) is 4.89. The molecule has 1 atom stereocenters. The summed E-state index contributed by atoms with van der Waals surface area (Å²) in [6.45, 7) is 3.83.